The van der Waals surface area contributed by atoms with E-state index in [0.717, 1.165) is 11.1 Å². The number of aliphatic hydroxyl groups is 1. The van der Waals surface area contributed by atoms with Crippen LogP contribution in [-0.4, -0.2) is 41.5 Å². The molecule has 10 heteroatoms. The Morgan fingerprint density at radius 3 is 2.27 bits per heavy atom. The van der Waals surface area contributed by atoms with Gasteiger partial charge in [0.2, 0.25) is 0 Å². The maximum Gasteiger partial charge on any atom is 0.309 e. The number of nitrogens with one attached hydrogen (secondary N) is 1. The molecule has 226 valence electrons. The van der Waals surface area contributed by atoms with Gasteiger partial charge in [-0.2, -0.15) is 0 Å². The highest BCUT2D eigenvalue weighted by Gasteiger charge is 2.47. The lowest BCUT2D eigenvalue weighted by Crippen LogP contribution is -2.49. The molecule has 3 atom stereocenters. The summed E-state index contributed by atoms with van der Waals surface area (Å²) < 4.78 is 4.71. The van der Waals surface area contributed by atoms with Crippen molar-refractivity contribution in [2.75, 3.05) is 13.7 Å². The zero-order valence-corrected chi connectivity index (χ0v) is 25.3. The van der Waals surface area contributed by atoms with E-state index < -0.39 is 30.5 Å². The minimum absolute atomic E-state index is 0.0525. The van der Waals surface area contributed by atoms with Crippen LogP contribution in [0.25, 0.3) is 0 Å². The first-order chi connectivity index (χ1) is 21.3. The predicted octanol–water partition coefficient (Wildman–Crippen LogP) is 5.97. The molecule has 44 heavy (non-hydrogen) atoms. The summed E-state index contributed by atoms with van der Waals surface area (Å²) >= 11 is 13.0. The van der Waals surface area contributed by atoms with Gasteiger partial charge in [0.05, 0.1) is 44.7 Å². The van der Waals surface area contributed by atoms with Gasteiger partial charge in [-0.25, -0.2) is 5.48 Å². The Kier molecular flexibility index (Phi) is 9.97. The van der Waals surface area contributed by atoms with E-state index in [1.54, 1.807) is 66.7 Å². The van der Waals surface area contributed by atoms with Gasteiger partial charge in [0.25, 0.3) is 11.8 Å². The standard InChI is InChI=1S/C34H30Cl2N2O6/c1-43-30(40)17-21-11-13-22(14-12-21)20-44-37-33(41)31-25-9-5-6-10-26(25)34(42)38(29(19-39)23-7-3-2-4-8-23)32(31)27-16-15-24(35)18-28(27)36/h2-16,18,29,31-32,39H,17,19-20H2,1H3,(H,37,41)/t29?,31-,32+/m1/s1. The predicted molar refractivity (Wildman–Crippen MR) is 166 cm³/mol. The normalized spacial score (nSPS) is 16.6. The zero-order chi connectivity index (χ0) is 31.2. The number of rotatable bonds is 10. The summed E-state index contributed by atoms with van der Waals surface area (Å²) in [6, 6.07) is 26.4. The van der Waals surface area contributed by atoms with Crippen LogP contribution < -0.4 is 5.48 Å². The monoisotopic (exact) mass is 632 g/mol. The fourth-order valence-electron chi connectivity index (χ4n) is 5.53. The molecule has 4 aromatic rings. The maximum atomic E-state index is 14.2. The third-order valence-electron chi connectivity index (χ3n) is 7.64. The largest absolute Gasteiger partial charge is 0.469 e. The lowest BCUT2D eigenvalue weighted by Gasteiger charge is -2.45. The van der Waals surface area contributed by atoms with E-state index >= 15 is 0 Å². The summed E-state index contributed by atoms with van der Waals surface area (Å²) in [4.78, 5) is 47.0. The van der Waals surface area contributed by atoms with E-state index in [9.17, 15) is 19.5 Å². The fourth-order valence-corrected chi connectivity index (χ4v) is 6.05. The Hall–Kier alpha value is -4.21. The summed E-state index contributed by atoms with van der Waals surface area (Å²) in [5.41, 5.74) is 6.16. The maximum absolute atomic E-state index is 14.2. The molecule has 0 saturated carbocycles. The molecule has 2 N–H and O–H groups in total. The summed E-state index contributed by atoms with van der Waals surface area (Å²) in [5.74, 6) is -2.15. The SMILES string of the molecule is COC(=O)Cc1ccc(CONC(=O)[C@@H]2c3ccccc3C(=O)N(C(CO)c3ccccc3)[C@H]2c2ccc(Cl)cc2Cl)cc1. The minimum Gasteiger partial charge on any atom is -0.469 e. The van der Waals surface area contributed by atoms with Gasteiger partial charge < -0.3 is 14.7 Å². The van der Waals surface area contributed by atoms with Gasteiger partial charge in [0.1, 0.15) is 0 Å². The summed E-state index contributed by atoms with van der Waals surface area (Å²) in [6.07, 6.45) is 0.150. The van der Waals surface area contributed by atoms with Crippen LogP contribution in [0.15, 0.2) is 97.1 Å². The molecule has 1 unspecified atom stereocenters. The van der Waals surface area contributed by atoms with Gasteiger partial charge in [-0.3, -0.25) is 19.2 Å². The van der Waals surface area contributed by atoms with E-state index in [0.29, 0.717) is 27.3 Å². The summed E-state index contributed by atoms with van der Waals surface area (Å²) in [6.45, 7) is -0.340. The molecule has 2 amide bonds. The first-order valence-corrected chi connectivity index (χ1v) is 14.7. The average Bonchev–Trinajstić information content (AvgIpc) is 3.03. The molecule has 5 rings (SSSR count). The Balaban J connectivity index is 1.50. The number of amides is 2. The third-order valence-corrected chi connectivity index (χ3v) is 8.21. The Labute approximate surface area is 265 Å². The molecule has 0 radical (unpaired) electrons. The number of ether oxygens (including phenoxy) is 1. The first kappa shape index (κ1) is 31.2. The van der Waals surface area contributed by atoms with Crippen LogP contribution in [-0.2, 0) is 32.2 Å². The number of aliphatic hydroxyl groups excluding tert-OH is 1. The number of hydrogen-bond acceptors (Lipinski definition) is 6. The number of hydroxylamine groups is 1. The van der Waals surface area contributed by atoms with Gasteiger partial charge >= 0.3 is 5.97 Å². The van der Waals surface area contributed by atoms with Gasteiger partial charge in [0, 0.05) is 15.6 Å². The Bertz CT molecular complexity index is 1650. The number of benzene rings is 4. The number of nitrogens with zero attached hydrogens (tertiary/aromatic N) is 1. The Morgan fingerprint density at radius 2 is 1.59 bits per heavy atom. The average molecular weight is 634 g/mol. The van der Waals surface area contributed by atoms with Crippen molar-refractivity contribution < 1.29 is 29.1 Å². The highest BCUT2D eigenvalue weighted by molar-refractivity contribution is 6.35. The minimum atomic E-state index is -0.956. The molecule has 0 aliphatic carbocycles. The number of hydrogen-bond donors (Lipinski definition) is 2. The summed E-state index contributed by atoms with van der Waals surface area (Å²) in [7, 11) is 1.34. The molecule has 1 aliphatic heterocycles. The number of carbonyl (C=O) groups excluding carboxylic acids is 3. The molecule has 0 saturated heterocycles. The molecule has 0 bridgehead atoms. The molecule has 1 aliphatic rings. The number of halogens is 2. The van der Waals surface area contributed by atoms with E-state index in [1.165, 1.54) is 12.0 Å². The van der Waals surface area contributed by atoms with E-state index in [2.05, 4.69) is 5.48 Å². The van der Waals surface area contributed by atoms with Gasteiger partial charge in [-0.05, 0) is 46.0 Å². The second-order valence-corrected chi connectivity index (χ2v) is 11.2. The van der Waals surface area contributed by atoms with Crippen LogP contribution in [0.4, 0.5) is 0 Å². The molecule has 1 heterocycles. The van der Waals surface area contributed by atoms with Crippen molar-refractivity contribution in [2.24, 2.45) is 0 Å². The van der Waals surface area contributed by atoms with Crippen molar-refractivity contribution in [2.45, 2.75) is 31.0 Å². The first-order valence-electron chi connectivity index (χ1n) is 13.9. The van der Waals surface area contributed by atoms with E-state index in [1.807, 2.05) is 30.3 Å². The van der Waals surface area contributed by atoms with Crippen molar-refractivity contribution in [1.82, 2.24) is 10.4 Å². The number of esters is 1. The van der Waals surface area contributed by atoms with Crippen LogP contribution in [0.1, 0.15) is 56.2 Å². The van der Waals surface area contributed by atoms with Crippen molar-refractivity contribution in [3.63, 3.8) is 0 Å². The second kappa shape index (κ2) is 14.1. The number of fused-ring (bicyclic) bond motifs is 1. The van der Waals surface area contributed by atoms with Crippen LogP contribution >= 0.6 is 23.2 Å². The lowest BCUT2D eigenvalue weighted by molar-refractivity contribution is -0.140. The zero-order valence-electron chi connectivity index (χ0n) is 23.8. The van der Waals surface area contributed by atoms with Crippen LogP contribution in [0.2, 0.25) is 10.0 Å². The van der Waals surface area contributed by atoms with Crippen LogP contribution in [0.5, 0.6) is 0 Å². The smallest absolute Gasteiger partial charge is 0.309 e. The number of methoxy groups -OCH3 is 1. The second-order valence-electron chi connectivity index (χ2n) is 10.3. The van der Waals surface area contributed by atoms with Crippen molar-refractivity contribution in [3.8, 4) is 0 Å². The van der Waals surface area contributed by atoms with Crippen LogP contribution in [0.3, 0.4) is 0 Å². The Morgan fingerprint density at radius 1 is 0.909 bits per heavy atom. The lowest BCUT2D eigenvalue weighted by atomic mass is 9.78. The van der Waals surface area contributed by atoms with E-state index in [4.69, 9.17) is 32.8 Å². The molecular weight excluding hydrogens is 603 g/mol. The highest BCUT2D eigenvalue weighted by atomic mass is 35.5. The molecular formula is C34H30Cl2N2O6. The van der Waals surface area contributed by atoms with Gasteiger partial charge in [-0.15, -0.1) is 0 Å². The third kappa shape index (κ3) is 6.64. The highest BCUT2D eigenvalue weighted by Crippen LogP contribution is 2.48. The van der Waals surface area contributed by atoms with Crippen molar-refractivity contribution in [1.29, 1.82) is 0 Å². The summed E-state index contributed by atoms with van der Waals surface area (Å²) in [5, 5.41) is 11.3. The van der Waals surface area contributed by atoms with Crippen molar-refractivity contribution in [3.05, 3.63) is 140 Å². The molecule has 0 aromatic heterocycles. The molecule has 4 aromatic carbocycles. The molecule has 0 spiro atoms. The molecule has 8 nitrogen and oxygen atoms in total. The van der Waals surface area contributed by atoms with Crippen LogP contribution in [0, 0.1) is 0 Å². The van der Waals surface area contributed by atoms with Gasteiger partial charge in [-0.1, -0.05) is 102 Å². The topological polar surface area (TPSA) is 105 Å². The van der Waals surface area contributed by atoms with Crippen molar-refractivity contribution >= 4 is 41.0 Å². The number of carbonyl (C=O) groups is 3. The quantitative estimate of drug-likeness (QED) is 0.165. The van der Waals surface area contributed by atoms with E-state index in [-0.39, 0.29) is 29.9 Å². The fraction of sp³-hybridized carbons (Fsp3) is 0.206. The molecule has 0 fully saturated rings. The van der Waals surface area contributed by atoms with Gasteiger partial charge in [0.15, 0.2) is 0 Å².